The number of halogens is 3. The summed E-state index contributed by atoms with van der Waals surface area (Å²) < 4.78 is 40.5. The maximum absolute atomic E-state index is 13.9. The Morgan fingerprint density at radius 2 is 1.86 bits per heavy atom. The Morgan fingerprint density at radius 1 is 1.27 bits per heavy atom. The van der Waals surface area contributed by atoms with E-state index in [-0.39, 0.29) is 28.4 Å². The maximum Gasteiger partial charge on any atom is 0.245 e. The van der Waals surface area contributed by atoms with Gasteiger partial charge in [-0.2, -0.15) is 4.31 Å². The molecule has 0 spiro atoms. The third-order valence-corrected chi connectivity index (χ3v) is 6.69. The Labute approximate surface area is 141 Å². The second-order valence-electron chi connectivity index (χ2n) is 5.86. The average Bonchev–Trinajstić information content (AvgIpc) is 2.76. The van der Waals surface area contributed by atoms with Crippen molar-refractivity contribution in [2.24, 2.45) is 0 Å². The minimum Gasteiger partial charge on any atom is -0.311 e. The van der Waals surface area contributed by atoms with E-state index in [1.165, 1.54) is 16.4 Å². The first-order valence-corrected chi connectivity index (χ1v) is 8.89. The summed E-state index contributed by atoms with van der Waals surface area (Å²) in [4.78, 5) is -0.305. The Balaban J connectivity index is 0.00000176. The van der Waals surface area contributed by atoms with Crippen LogP contribution in [0.3, 0.4) is 0 Å². The van der Waals surface area contributed by atoms with Crippen LogP contribution in [-0.2, 0) is 10.0 Å². The van der Waals surface area contributed by atoms with Gasteiger partial charge in [0.05, 0.1) is 0 Å². The second kappa shape index (κ2) is 6.61. The van der Waals surface area contributed by atoms with Gasteiger partial charge in [0.1, 0.15) is 10.7 Å². The van der Waals surface area contributed by atoms with Gasteiger partial charge in [-0.1, -0.05) is 11.6 Å². The SMILES string of the molecule is CN(C1CC2CCC(C1)N2)S(=O)(=O)c1ccc(Cl)cc1F.Cl. The number of fused-ring (bicyclic) bond motifs is 2. The quantitative estimate of drug-likeness (QED) is 0.892. The predicted octanol–water partition coefficient (Wildman–Crippen LogP) is 2.80. The van der Waals surface area contributed by atoms with Gasteiger partial charge >= 0.3 is 0 Å². The van der Waals surface area contributed by atoms with E-state index in [1.807, 2.05) is 0 Å². The van der Waals surface area contributed by atoms with E-state index >= 15 is 0 Å². The van der Waals surface area contributed by atoms with Crippen molar-refractivity contribution < 1.29 is 12.8 Å². The van der Waals surface area contributed by atoms with E-state index < -0.39 is 15.8 Å². The molecule has 22 heavy (non-hydrogen) atoms. The smallest absolute Gasteiger partial charge is 0.245 e. The highest BCUT2D eigenvalue weighted by Gasteiger charge is 2.39. The molecule has 124 valence electrons. The van der Waals surface area contributed by atoms with Gasteiger partial charge in [-0.05, 0) is 43.9 Å². The normalized spacial score (nSPS) is 27.7. The lowest BCUT2D eigenvalue weighted by atomic mass is 10.0. The molecule has 2 aliphatic rings. The van der Waals surface area contributed by atoms with Gasteiger partial charge in [0.25, 0.3) is 0 Å². The molecular formula is C14H19Cl2FN2O2S. The van der Waals surface area contributed by atoms with E-state index in [9.17, 15) is 12.8 Å². The molecule has 0 saturated carbocycles. The molecule has 2 saturated heterocycles. The molecule has 2 unspecified atom stereocenters. The molecule has 1 N–H and O–H groups in total. The van der Waals surface area contributed by atoms with Crippen LogP contribution in [0.1, 0.15) is 25.7 Å². The first-order chi connectivity index (χ1) is 9.88. The van der Waals surface area contributed by atoms with Crippen LogP contribution in [0, 0.1) is 5.82 Å². The Hall–Kier alpha value is -0.400. The number of piperidine rings is 1. The molecule has 0 aliphatic carbocycles. The third-order valence-electron chi connectivity index (χ3n) is 4.51. The minimum atomic E-state index is -3.83. The number of hydrogen-bond donors (Lipinski definition) is 1. The molecule has 0 aromatic heterocycles. The predicted molar refractivity (Wildman–Crippen MR) is 86.6 cm³/mol. The van der Waals surface area contributed by atoms with Crippen molar-refractivity contribution >= 4 is 34.0 Å². The Morgan fingerprint density at radius 3 is 2.41 bits per heavy atom. The molecule has 0 amide bonds. The number of nitrogens with one attached hydrogen (secondary N) is 1. The monoisotopic (exact) mass is 368 g/mol. The van der Waals surface area contributed by atoms with Crippen LogP contribution in [0.15, 0.2) is 23.1 Å². The molecule has 3 rings (SSSR count). The summed E-state index contributed by atoms with van der Waals surface area (Å²) in [6.07, 6.45) is 3.73. The number of benzene rings is 1. The standard InChI is InChI=1S/C14H18ClFN2O2S.ClH/c1-18(12-7-10-3-4-11(8-12)17-10)21(19,20)14-5-2-9(15)6-13(14)16;/h2,5-6,10-12,17H,3-4,7-8H2,1H3;1H. The van der Waals surface area contributed by atoms with E-state index in [0.717, 1.165) is 31.7 Å². The molecule has 0 radical (unpaired) electrons. The molecule has 1 aromatic rings. The lowest BCUT2D eigenvalue weighted by Gasteiger charge is -2.34. The zero-order chi connectivity index (χ0) is 15.2. The summed E-state index contributed by atoms with van der Waals surface area (Å²) in [6.45, 7) is 0. The number of rotatable bonds is 3. The largest absolute Gasteiger partial charge is 0.311 e. The van der Waals surface area contributed by atoms with Crippen LogP contribution in [-0.4, -0.2) is 37.9 Å². The van der Waals surface area contributed by atoms with E-state index in [0.29, 0.717) is 12.1 Å². The number of sulfonamides is 1. The van der Waals surface area contributed by atoms with Gasteiger partial charge in [0, 0.05) is 30.2 Å². The molecule has 2 aliphatic heterocycles. The van der Waals surface area contributed by atoms with Crippen molar-refractivity contribution in [1.29, 1.82) is 0 Å². The first-order valence-electron chi connectivity index (χ1n) is 7.07. The highest BCUT2D eigenvalue weighted by molar-refractivity contribution is 7.89. The maximum atomic E-state index is 13.9. The van der Waals surface area contributed by atoms with Crippen LogP contribution in [0.25, 0.3) is 0 Å². The van der Waals surface area contributed by atoms with E-state index in [1.54, 1.807) is 7.05 Å². The number of nitrogens with zero attached hydrogens (tertiary/aromatic N) is 1. The highest BCUT2D eigenvalue weighted by atomic mass is 35.5. The Bertz CT molecular complexity index is 644. The summed E-state index contributed by atoms with van der Waals surface area (Å²) in [6, 6.07) is 4.34. The zero-order valence-corrected chi connectivity index (χ0v) is 14.5. The summed E-state index contributed by atoms with van der Waals surface area (Å²) in [5.74, 6) is -0.800. The summed E-state index contributed by atoms with van der Waals surface area (Å²) in [5.41, 5.74) is 0. The molecular weight excluding hydrogens is 350 g/mol. The van der Waals surface area contributed by atoms with Gasteiger partial charge < -0.3 is 5.32 Å². The summed E-state index contributed by atoms with van der Waals surface area (Å²) >= 11 is 5.69. The van der Waals surface area contributed by atoms with Gasteiger partial charge in [-0.25, -0.2) is 12.8 Å². The minimum absolute atomic E-state index is 0. The van der Waals surface area contributed by atoms with Gasteiger partial charge in [-0.3, -0.25) is 0 Å². The number of hydrogen-bond acceptors (Lipinski definition) is 3. The van der Waals surface area contributed by atoms with Gasteiger partial charge in [-0.15, -0.1) is 12.4 Å². The fraction of sp³-hybridized carbons (Fsp3) is 0.571. The highest BCUT2D eigenvalue weighted by Crippen LogP contribution is 2.32. The van der Waals surface area contributed by atoms with E-state index in [4.69, 9.17) is 11.6 Å². The fourth-order valence-electron chi connectivity index (χ4n) is 3.36. The molecule has 2 fully saturated rings. The zero-order valence-electron chi connectivity index (χ0n) is 12.1. The van der Waals surface area contributed by atoms with Gasteiger partial charge in [0.2, 0.25) is 10.0 Å². The van der Waals surface area contributed by atoms with Crippen molar-refractivity contribution in [3.63, 3.8) is 0 Å². The third kappa shape index (κ3) is 3.26. The Kier molecular flexibility index (Phi) is 5.39. The lowest BCUT2D eigenvalue weighted by Crippen LogP contribution is -2.48. The van der Waals surface area contributed by atoms with Crippen molar-refractivity contribution in [3.05, 3.63) is 29.0 Å². The summed E-state index contributed by atoms with van der Waals surface area (Å²) in [5, 5.41) is 3.66. The first kappa shape index (κ1) is 17.9. The van der Waals surface area contributed by atoms with Crippen LogP contribution < -0.4 is 5.32 Å². The van der Waals surface area contributed by atoms with Crippen molar-refractivity contribution in [1.82, 2.24) is 9.62 Å². The summed E-state index contributed by atoms with van der Waals surface area (Å²) in [7, 11) is -2.29. The topological polar surface area (TPSA) is 49.4 Å². The van der Waals surface area contributed by atoms with Crippen LogP contribution in [0.5, 0.6) is 0 Å². The molecule has 8 heteroatoms. The van der Waals surface area contributed by atoms with Crippen LogP contribution in [0.4, 0.5) is 4.39 Å². The average molecular weight is 369 g/mol. The molecule has 2 heterocycles. The second-order valence-corrected chi connectivity index (χ2v) is 8.26. The van der Waals surface area contributed by atoms with Crippen LogP contribution >= 0.6 is 24.0 Å². The van der Waals surface area contributed by atoms with E-state index in [2.05, 4.69) is 5.32 Å². The van der Waals surface area contributed by atoms with Crippen molar-refractivity contribution in [2.75, 3.05) is 7.05 Å². The molecule has 1 aromatic carbocycles. The fourth-order valence-corrected chi connectivity index (χ4v) is 4.94. The van der Waals surface area contributed by atoms with Crippen LogP contribution in [0.2, 0.25) is 5.02 Å². The molecule has 4 nitrogen and oxygen atoms in total. The van der Waals surface area contributed by atoms with Crippen molar-refractivity contribution in [2.45, 2.75) is 48.7 Å². The lowest BCUT2D eigenvalue weighted by molar-refractivity contribution is 0.251. The molecule has 2 atom stereocenters. The van der Waals surface area contributed by atoms with Gasteiger partial charge in [0.15, 0.2) is 0 Å². The molecule has 2 bridgehead atoms. The van der Waals surface area contributed by atoms with Crippen molar-refractivity contribution in [3.8, 4) is 0 Å².